The van der Waals surface area contributed by atoms with Gasteiger partial charge in [0, 0.05) is 12.3 Å². The number of anilines is 1. The number of hydrogen-bond acceptors (Lipinski definition) is 3. The summed E-state index contributed by atoms with van der Waals surface area (Å²) in [6.07, 6.45) is 2.54. The molecule has 28 heavy (non-hydrogen) atoms. The average Bonchev–Trinajstić information content (AvgIpc) is 2.56. The molecule has 1 N–H and O–H groups in total. The molecule has 0 fully saturated rings. The first kappa shape index (κ1) is 24.5. The van der Waals surface area contributed by atoms with Gasteiger partial charge in [-0.15, -0.1) is 0 Å². The van der Waals surface area contributed by atoms with Crippen LogP contribution in [0.4, 0.5) is 5.69 Å². The number of ether oxygens (including phenoxy) is 2. The predicted molar refractivity (Wildman–Crippen MR) is 118 cm³/mol. The van der Waals surface area contributed by atoms with E-state index in [4.69, 9.17) is 9.47 Å². The summed E-state index contributed by atoms with van der Waals surface area (Å²) in [4.78, 5) is 13.4. The minimum absolute atomic E-state index is 0.0499. The fraction of sp³-hybridized carbons (Fsp3) is 0.708. The lowest BCUT2D eigenvalue weighted by Gasteiger charge is -2.35. The zero-order valence-corrected chi connectivity index (χ0v) is 19.4. The monoisotopic (exact) mass is 391 g/mol. The highest BCUT2D eigenvalue weighted by atomic mass is 16.5. The van der Waals surface area contributed by atoms with Gasteiger partial charge in [0.1, 0.15) is 11.4 Å². The zero-order chi connectivity index (χ0) is 21.5. The summed E-state index contributed by atoms with van der Waals surface area (Å²) in [5.74, 6) is 1.59. The van der Waals surface area contributed by atoms with Gasteiger partial charge in [-0.3, -0.25) is 4.79 Å². The third kappa shape index (κ3) is 6.80. The van der Waals surface area contributed by atoms with E-state index in [9.17, 15) is 4.79 Å². The number of carbonyl (C=O) groups excluding carboxylic acids is 1. The van der Waals surface area contributed by atoms with E-state index < -0.39 is 5.60 Å². The number of carbonyl (C=O) groups is 1. The molecule has 0 bridgehead atoms. The van der Waals surface area contributed by atoms with Gasteiger partial charge >= 0.3 is 0 Å². The Hall–Kier alpha value is -1.55. The maximum atomic E-state index is 13.4. The van der Waals surface area contributed by atoms with Crippen molar-refractivity contribution in [1.29, 1.82) is 0 Å². The third-order valence-electron chi connectivity index (χ3n) is 4.92. The van der Waals surface area contributed by atoms with Crippen molar-refractivity contribution >= 4 is 11.6 Å². The highest BCUT2D eigenvalue weighted by molar-refractivity contribution is 5.97. The highest BCUT2D eigenvalue weighted by Gasteiger charge is 2.40. The molecule has 0 aromatic heterocycles. The molecule has 0 aliphatic carbocycles. The van der Waals surface area contributed by atoms with E-state index >= 15 is 0 Å². The van der Waals surface area contributed by atoms with Crippen LogP contribution < -0.4 is 10.1 Å². The van der Waals surface area contributed by atoms with Gasteiger partial charge in [0.15, 0.2) is 0 Å². The Balaban J connectivity index is 3.15. The van der Waals surface area contributed by atoms with Crippen LogP contribution in [0, 0.1) is 25.7 Å². The normalized spacial score (nSPS) is 13.1. The molecule has 4 heteroatoms. The Kier molecular flexibility index (Phi) is 9.49. The van der Waals surface area contributed by atoms with E-state index in [2.05, 4.69) is 46.9 Å². The summed E-state index contributed by atoms with van der Waals surface area (Å²) in [5, 5.41) is 3.14. The molecule has 0 saturated carbocycles. The standard InChI is InChI=1S/C24H41NO3/c1-10-20(9)28-22-18(7)12-21(13-19(22)8)25-23(26)24(27-11-2,14-16(3)4)15-17(5)6/h12-13,16-17,20H,10-11,14-15H2,1-9H3,(H,25,26)/t20-/m0/s1. The van der Waals surface area contributed by atoms with Crippen LogP contribution in [0.1, 0.15) is 78.9 Å². The number of nitrogens with one attached hydrogen (secondary N) is 1. The predicted octanol–water partition coefficient (Wildman–Crippen LogP) is 6.29. The quantitative estimate of drug-likeness (QED) is 0.482. The van der Waals surface area contributed by atoms with Crippen molar-refractivity contribution in [1.82, 2.24) is 0 Å². The van der Waals surface area contributed by atoms with Crippen LogP contribution in [0.3, 0.4) is 0 Å². The molecule has 0 heterocycles. The molecule has 1 amide bonds. The number of rotatable bonds is 11. The minimum Gasteiger partial charge on any atom is -0.490 e. The lowest BCUT2D eigenvalue weighted by molar-refractivity contribution is -0.146. The lowest BCUT2D eigenvalue weighted by Crippen LogP contribution is -2.47. The fourth-order valence-corrected chi connectivity index (χ4v) is 3.79. The van der Waals surface area contributed by atoms with Gasteiger partial charge in [0.25, 0.3) is 5.91 Å². The van der Waals surface area contributed by atoms with Gasteiger partial charge in [-0.25, -0.2) is 0 Å². The number of amides is 1. The molecule has 1 rings (SSSR count). The average molecular weight is 392 g/mol. The van der Waals surface area contributed by atoms with Crippen molar-refractivity contribution in [2.24, 2.45) is 11.8 Å². The number of aryl methyl sites for hydroxylation is 2. The Morgan fingerprint density at radius 2 is 1.50 bits per heavy atom. The molecule has 0 saturated heterocycles. The van der Waals surface area contributed by atoms with E-state index in [1.807, 2.05) is 32.9 Å². The maximum absolute atomic E-state index is 13.4. The first-order valence-electron chi connectivity index (χ1n) is 10.8. The van der Waals surface area contributed by atoms with E-state index in [0.717, 1.165) is 29.0 Å². The summed E-state index contributed by atoms with van der Waals surface area (Å²) in [6.45, 7) is 19.3. The van der Waals surface area contributed by atoms with E-state index in [1.165, 1.54) is 0 Å². The Bertz CT molecular complexity index is 604. The molecule has 160 valence electrons. The Morgan fingerprint density at radius 1 is 1.00 bits per heavy atom. The second-order valence-electron chi connectivity index (χ2n) is 8.85. The smallest absolute Gasteiger partial charge is 0.256 e. The second kappa shape index (κ2) is 10.8. The van der Waals surface area contributed by atoms with Gasteiger partial charge in [-0.1, -0.05) is 34.6 Å². The molecule has 0 aliphatic heterocycles. The molecule has 0 aliphatic rings. The maximum Gasteiger partial charge on any atom is 0.256 e. The van der Waals surface area contributed by atoms with Gasteiger partial charge in [0.05, 0.1) is 6.10 Å². The largest absolute Gasteiger partial charge is 0.490 e. The molecule has 1 aromatic carbocycles. The van der Waals surface area contributed by atoms with Crippen LogP contribution >= 0.6 is 0 Å². The van der Waals surface area contributed by atoms with Gasteiger partial charge in [0.2, 0.25) is 0 Å². The zero-order valence-electron chi connectivity index (χ0n) is 19.4. The molecule has 1 atom stereocenters. The van der Waals surface area contributed by atoms with Crippen LogP contribution in [0.5, 0.6) is 5.75 Å². The van der Waals surface area contributed by atoms with E-state index in [-0.39, 0.29) is 12.0 Å². The molecule has 0 unspecified atom stereocenters. The molecule has 0 radical (unpaired) electrons. The summed E-state index contributed by atoms with van der Waals surface area (Å²) >= 11 is 0. The third-order valence-corrected chi connectivity index (χ3v) is 4.92. The van der Waals surface area contributed by atoms with Gasteiger partial charge < -0.3 is 14.8 Å². The van der Waals surface area contributed by atoms with Crippen molar-refractivity contribution < 1.29 is 14.3 Å². The van der Waals surface area contributed by atoms with E-state index in [1.54, 1.807) is 0 Å². The van der Waals surface area contributed by atoms with E-state index in [0.29, 0.717) is 31.3 Å². The van der Waals surface area contributed by atoms with Crippen molar-refractivity contribution in [3.8, 4) is 5.75 Å². The van der Waals surface area contributed by atoms with Crippen molar-refractivity contribution in [3.63, 3.8) is 0 Å². The summed E-state index contributed by atoms with van der Waals surface area (Å²) < 4.78 is 12.2. The SMILES string of the molecule is CCOC(CC(C)C)(CC(C)C)C(=O)Nc1cc(C)c(O[C@@H](C)CC)c(C)c1. The Morgan fingerprint density at radius 3 is 1.89 bits per heavy atom. The van der Waals surface area contributed by atoms with Crippen LogP contribution in [-0.4, -0.2) is 24.2 Å². The number of benzene rings is 1. The minimum atomic E-state index is -0.801. The van der Waals surface area contributed by atoms with Gasteiger partial charge in [-0.05, 0) is 82.1 Å². The van der Waals surface area contributed by atoms with Crippen molar-refractivity contribution in [2.45, 2.75) is 93.3 Å². The molecule has 1 aromatic rings. The lowest BCUT2D eigenvalue weighted by atomic mass is 9.83. The summed E-state index contributed by atoms with van der Waals surface area (Å²) in [6, 6.07) is 3.98. The van der Waals surface area contributed by atoms with Gasteiger partial charge in [-0.2, -0.15) is 0 Å². The molecule has 0 spiro atoms. The van der Waals surface area contributed by atoms with Crippen LogP contribution in [-0.2, 0) is 9.53 Å². The summed E-state index contributed by atoms with van der Waals surface area (Å²) in [7, 11) is 0. The number of hydrogen-bond donors (Lipinski definition) is 1. The van der Waals surface area contributed by atoms with Crippen molar-refractivity contribution in [2.75, 3.05) is 11.9 Å². The topological polar surface area (TPSA) is 47.6 Å². The van der Waals surface area contributed by atoms with Crippen LogP contribution in [0.2, 0.25) is 0 Å². The fourth-order valence-electron chi connectivity index (χ4n) is 3.79. The highest BCUT2D eigenvalue weighted by Crippen LogP contribution is 2.33. The first-order chi connectivity index (χ1) is 13.0. The first-order valence-corrected chi connectivity index (χ1v) is 10.8. The van der Waals surface area contributed by atoms with Crippen molar-refractivity contribution in [3.05, 3.63) is 23.3 Å². The Labute approximate surface area is 172 Å². The molecule has 4 nitrogen and oxygen atoms in total. The molecular weight excluding hydrogens is 350 g/mol. The van der Waals surface area contributed by atoms with Crippen LogP contribution in [0.25, 0.3) is 0 Å². The van der Waals surface area contributed by atoms with Crippen LogP contribution in [0.15, 0.2) is 12.1 Å². The molecular formula is C24H41NO3. The second-order valence-corrected chi connectivity index (χ2v) is 8.85. The summed E-state index contributed by atoms with van der Waals surface area (Å²) in [5.41, 5.74) is 2.06.